The first kappa shape index (κ1) is 14.6. The van der Waals surface area contributed by atoms with Gasteiger partial charge in [-0.05, 0) is 31.0 Å². The van der Waals surface area contributed by atoms with Crippen LogP contribution in [-0.4, -0.2) is 53.2 Å². The first-order valence-electron chi connectivity index (χ1n) is 7.51. The number of hydrogen-bond acceptors (Lipinski definition) is 3. The minimum absolute atomic E-state index is 0.0279. The van der Waals surface area contributed by atoms with Crippen LogP contribution in [0.1, 0.15) is 30.1 Å². The van der Waals surface area contributed by atoms with Crippen molar-refractivity contribution in [1.82, 2.24) is 9.80 Å². The maximum atomic E-state index is 12.5. The second kappa shape index (κ2) is 5.79. The Labute approximate surface area is 129 Å². The summed E-state index contributed by atoms with van der Waals surface area (Å²) in [6, 6.07) is 7.19. The second-order valence-corrected chi connectivity index (χ2v) is 5.81. The van der Waals surface area contributed by atoms with Crippen molar-refractivity contribution in [1.29, 1.82) is 0 Å². The number of carbonyl (C=O) groups excluding carboxylic acids is 3. The van der Waals surface area contributed by atoms with Gasteiger partial charge in [0.1, 0.15) is 6.54 Å². The Morgan fingerprint density at radius 3 is 2.64 bits per heavy atom. The number of anilines is 1. The van der Waals surface area contributed by atoms with Gasteiger partial charge in [0.05, 0.1) is 0 Å². The number of carbonyl (C=O) groups is 3. The van der Waals surface area contributed by atoms with Crippen molar-refractivity contribution in [2.75, 3.05) is 25.0 Å². The topological polar surface area (TPSA) is 69.7 Å². The molecule has 0 radical (unpaired) electrons. The van der Waals surface area contributed by atoms with Gasteiger partial charge in [0.2, 0.25) is 11.8 Å². The summed E-state index contributed by atoms with van der Waals surface area (Å²) in [4.78, 5) is 39.2. The highest BCUT2D eigenvalue weighted by Crippen LogP contribution is 2.28. The molecule has 3 rings (SSSR count). The normalized spacial score (nSPS) is 18.3. The summed E-state index contributed by atoms with van der Waals surface area (Å²) in [5.74, 6) is -0.325. The fraction of sp³-hybridized carbons (Fsp3) is 0.438. The van der Waals surface area contributed by atoms with Gasteiger partial charge in [0.25, 0.3) is 5.91 Å². The zero-order chi connectivity index (χ0) is 15.7. The predicted octanol–water partition coefficient (Wildman–Crippen LogP) is 1.09. The van der Waals surface area contributed by atoms with E-state index < -0.39 is 0 Å². The second-order valence-electron chi connectivity index (χ2n) is 5.81. The molecule has 2 fully saturated rings. The van der Waals surface area contributed by atoms with Gasteiger partial charge < -0.3 is 15.1 Å². The summed E-state index contributed by atoms with van der Waals surface area (Å²) in [5, 5.41) is 2.66. The van der Waals surface area contributed by atoms with Gasteiger partial charge in [-0.15, -0.1) is 0 Å². The molecule has 1 aromatic rings. The Morgan fingerprint density at radius 2 is 2.00 bits per heavy atom. The molecule has 0 spiro atoms. The number of nitrogens with one attached hydrogen (secondary N) is 1. The molecule has 6 heteroatoms. The summed E-state index contributed by atoms with van der Waals surface area (Å²) in [5.41, 5.74) is 1.07. The molecule has 1 N–H and O–H groups in total. The van der Waals surface area contributed by atoms with Crippen molar-refractivity contribution in [3.8, 4) is 0 Å². The lowest BCUT2D eigenvalue weighted by molar-refractivity contribution is -0.135. The minimum Gasteiger partial charge on any atom is -0.336 e. The monoisotopic (exact) mass is 301 g/mol. The Morgan fingerprint density at radius 1 is 1.23 bits per heavy atom. The summed E-state index contributed by atoms with van der Waals surface area (Å²) in [6.45, 7) is 2.73. The summed E-state index contributed by atoms with van der Waals surface area (Å²) < 4.78 is 0. The van der Waals surface area contributed by atoms with Crippen LogP contribution in [0, 0.1) is 0 Å². The fourth-order valence-corrected chi connectivity index (χ4v) is 2.75. The van der Waals surface area contributed by atoms with E-state index in [1.807, 2.05) is 4.90 Å². The third kappa shape index (κ3) is 3.10. The van der Waals surface area contributed by atoms with Crippen molar-refractivity contribution in [3.05, 3.63) is 29.8 Å². The van der Waals surface area contributed by atoms with Gasteiger partial charge in [0.15, 0.2) is 0 Å². The first-order valence-corrected chi connectivity index (χ1v) is 7.51. The van der Waals surface area contributed by atoms with Crippen molar-refractivity contribution >= 4 is 23.4 Å². The van der Waals surface area contributed by atoms with Crippen molar-refractivity contribution in [3.63, 3.8) is 0 Å². The van der Waals surface area contributed by atoms with Crippen LogP contribution >= 0.6 is 0 Å². The van der Waals surface area contributed by atoms with Crippen LogP contribution in [0.3, 0.4) is 0 Å². The lowest BCUT2D eigenvalue weighted by atomic mass is 10.1. The molecule has 22 heavy (non-hydrogen) atoms. The number of hydrogen-bond donors (Lipinski definition) is 1. The molecule has 0 atom stereocenters. The Balaban J connectivity index is 1.68. The summed E-state index contributed by atoms with van der Waals surface area (Å²) >= 11 is 0. The Hall–Kier alpha value is -2.37. The van der Waals surface area contributed by atoms with Crippen molar-refractivity contribution < 1.29 is 14.4 Å². The summed E-state index contributed by atoms with van der Waals surface area (Å²) in [6.07, 6.45) is 2.16. The molecule has 1 saturated heterocycles. The molecular formula is C16H19N3O3. The lowest BCUT2D eigenvalue weighted by Gasteiger charge is -2.34. The molecule has 1 heterocycles. The highest BCUT2D eigenvalue weighted by atomic mass is 16.2. The molecule has 1 saturated carbocycles. The zero-order valence-electron chi connectivity index (χ0n) is 12.5. The van der Waals surface area contributed by atoms with Gasteiger partial charge in [-0.1, -0.05) is 6.07 Å². The van der Waals surface area contributed by atoms with Crippen molar-refractivity contribution in [2.45, 2.75) is 25.8 Å². The molecule has 0 bridgehead atoms. The minimum atomic E-state index is -0.183. The molecule has 0 aromatic heterocycles. The van der Waals surface area contributed by atoms with E-state index in [0.717, 1.165) is 12.8 Å². The predicted molar refractivity (Wildman–Crippen MR) is 81.4 cm³/mol. The number of rotatable bonds is 3. The Bertz CT molecular complexity index is 625. The van der Waals surface area contributed by atoms with Gasteiger partial charge >= 0.3 is 0 Å². The smallest absolute Gasteiger partial charge is 0.254 e. The molecule has 6 nitrogen and oxygen atoms in total. The number of benzene rings is 1. The number of amides is 3. The summed E-state index contributed by atoms with van der Waals surface area (Å²) in [7, 11) is 0. The molecular weight excluding hydrogens is 282 g/mol. The molecule has 0 unspecified atom stereocenters. The van der Waals surface area contributed by atoms with Gasteiger partial charge in [-0.2, -0.15) is 0 Å². The highest BCUT2D eigenvalue weighted by Gasteiger charge is 2.36. The molecule has 1 aliphatic carbocycles. The third-order valence-electron chi connectivity index (χ3n) is 3.96. The standard InChI is InChI=1S/C16H19N3O3/c1-11(20)17-13-4-2-3-12(9-13)16(22)18-7-8-19(14-5-6-14)15(21)10-18/h2-4,9,14H,5-8,10H2,1H3,(H,17,20). The van der Waals surface area contributed by atoms with Crippen LogP contribution in [0.15, 0.2) is 24.3 Å². The number of piperazine rings is 1. The molecule has 1 aromatic carbocycles. The van der Waals surface area contributed by atoms with E-state index in [4.69, 9.17) is 0 Å². The van der Waals surface area contributed by atoms with Gasteiger partial charge in [0, 0.05) is 37.3 Å². The largest absolute Gasteiger partial charge is 0.336 e. The zero-order valence-corrected chi connectivity index (χ0v) is 12.5. The van der Waals surface area contributed by atoms with Crippen molar-refractivity contribution in [2.24, 2.45) is 0 Å². The maximum Gasteiger partial charge on any atom is 0.254 e. The van der Waals surface area contributed by atoms with Gasteiger partial charge in [-0.25, -0.2) is 0 Å². The number of nitrogens with zero attached hydrogens (tertiary/aromatic N) is 2. The fourth-order valence-electron chi connectivity index (χ4n) is 2.75. The molecule has 1 aliphatic heterocycles. The van der Waals surface area contributed by atoms with E-state index >= 15 is 0 Å². The van der Waals surface area contributed by atoms with Crippen LogP contribution < -0.4 is 5.32 Å². The lowest BCUT2D eigenvalue weighted by Crippen LogP contribution is -2.52. The van der Waals surface area contributed by atoms with E-state index in [9.17, 15) is 14.4 Å². The van der Waals surface area contributed by atoms with Crippen LogP contribution in [0.25, 0.3) is 0 Å². The highest BCUT2D eigenvalue weighted by molar-refractivity contribution is 5.98. The van der Waals surface area contributed by atoms with Crippen LogP contribution in [0.2, 0.25) is 0 Å². The quantitative estimate of drug-likeness (QED) is 0.908. The Kier molecular flexibility index (Phi) is 3.83. The molecule has 3 amide bonds. The van der Waals surface area contributed by atoms with Crippen LogP contribution in [0.5, 0.6) is 0 Å². The van der Waals surface area contributed by atoms with E-state index in [-0.39, 0.29) is 24.3 Å². The molecule has 2 aliphatic rings. The van der Waals surface area contributed by atoms with E-state index in [0.29, 0.717) is 30.4 Å². The van der Waals surface area contributed by atoms with Gasteiger partial charge in [-0.3, -0.25) is 14.4 Å². The average Bonchev–Trinajstić information content (AvgIpc) is 3.30. The maximum absolute atomic E-state index is 12.5. The SMILES string of the molecule is CC(=O)Nc1cccc(C(=O)N2CCN(C3CC3)C(=O)C2)c1. The van der Waals surface area contributed by atoms with E-state index in [2.05, 4.69) is 5.32 Å². The first-order chi connectivity index (χ1) is 10.5. The van der Waals surface area contributed by atoms with E-state index in [1.165, 1.54) is 6.92 Å². The van der Waals surface area contributed by atoms with Crippen LogP contribution in [-0.2, 0) is 9.59 Å². The molecule has 116 valence electrons. The van der Waals surface area contributed by atoms with Crippen LogP contribution in [0.4, 0.5) is 5.69 Å². The van der Waals surface area contributed by atoms with E-state index in [1.54, 1.807) is 29.2 Å². The average molecular weight is 301 g/mol. The third-order valence-corrected chi connectivity index (χ3v) is 3.96.